The number of ether oxygens (including phenoxy) is 1. The number of ketones is 1. The van der Waals surface area contributed by atoms with Gasteiger partial charge in [-0.3, -0.25) is 9.48 Å². The Hall–Kier alpha value is -1.71. The van der Waals surface area contributed by atoms with Crippen molar-refractivity contribution in [2.24, 2.45) is 0 Å². The lowest BCUT2D eigenvalue weighted by Crippen LogP contribution is -2.25. The summed E-state index contributed by atoms with van der Waals surface area (Å²) in [5.74, 6) is 4.94. The summed E-state index contributed by atoms with van der Waals surface area (Å²) in [6.45, 7) is 4.65. The maximum Gasteiger partial charge on any atom is 0.219 e. The molecule has 0 unspecified atom stereocenters. The van der Waals surface area contributed by atoms with Crippen molar-refractivity contribution in [3.05, 3.63) is 12.4 Å². The van der Waals surface area contributed by atoms with Crippen LogP contribution in [0.4, 0.5) is 0 Å². The highest BCUT2D eigenvalue weighted by Gasteiger charge is 1.95. The summed E-state index contributed by atoms with van der Waals surface area (Å²) >= 11 is 0. The van der Waals surface area contributed by atoms with Gasteiger partial charge in [-0.15, -0.1) is 5.10 Å². The average Bonchev–Trinajstić information content (AvgIpc) is 2.86. The molecule has 1 N–H and O–H groups in total. The fourth-order valence-electron chi connectivity index (χ4n) is 1.31. The zero-order valence-electron chi connectivity index (χ0n) is 10.6. The van der Waals surface area contributed by atoms with Gasteiger partial charge in [0.1, 0.15) is 0 Å². The van der Waals surface area contributed by atoms with Crippen molar-refractivity contribution < 1.29 is 9.53 Å². The third-order valence-electron chi connectivity index (χ3n) is 2.12. The van der Waals surface area contributed by atoms with E-state index < -0.39 is 0 Å². The molecule has 0 saturated heterocycles. The second-order valence-electron chi connectivity index (χ2n) is 3.61. The van der Waals surface area contributed by atoms with Crippen LogP contribution in [0.5, 0.6) is 0 Å². The minimum Gasteiger partial charge on any atom is -0.380 e. The van der Waals surface area contributed by atoms with E-state index in [1.165, 1.54) is 0 Å². The highest BCUT2D eigenvalue weighted by Crippen LogP contribution is 1.88. The smallest absolute Gasteiger partial charge is 0.219 e. The van der Waals surface area contributed by atoms with Crippen LogP contribution in [-0.4, -0.2) is 47.1 Å². The van der Waals surface area contributed by atoms with Gasteiger partial charge in [0.15, 0.2) is 0 Å². The lowest BCUT2D eigenvalue weighted by atomic mass is 10.4. The SMILES string of the molecule is CC#CC(=O)CNCCOCCCn1ccnn1. The van der Waals surface area contributed by atoms with Crippen LogP contribution in [0, 0.1) is 11.8 Å². The first-order valence-electron chi connectivity index (χ1n) is 5.91. The Morgan fingerprint density at radius 2 is 2.39 bits per heavy atom. The van der Waals surface area contributed by atoms with Crippen molar-refractivity contribution in [3.8, 4) is 11.8 Å². The maximum absolute atomic E-state index is 11.0. The van der Waals surface area contributed by atoms with Crippen LogP contribution < -0.4 is 5.32 Å². The monoisotopic (exact) mass is 250 g/mol. The molecule has 6 nitrogen and oxygen atoms in total. The molecule has 1 heterocycles. The Morgan fingerprint density at radius 3 is 3.11 bits per heavy atom. The zero-order valence-corrected chi connectivity index (χ0v) is 10.6. The quantitative estimate of drug-likeness (QED) is 0.375. The van der Waals surface area contributed by atoms with Gasteiger partial charge in [-0.25, -0.2) is 0 Å². The molecule has 0 spiro atoms. The normalized spacial score (nSPS) is 9.83. The third-order valence-corrected chi connectivity index (χ3v) is 2.12. The Bertz CT molecular complexity index is 392. The fraction of sp³-hybridized carbons (Fsp3) is 0.583. The van der Waals surface area contributed by atoms with Crippen LogP contribution in [-0.2, 0) is 16.1 Å². The molecule has 0 aliphatic carbocycles. The van der Waals surface area contributed by atoms with Gasteiger partial charge in [0.25, 0.3) is 0 Å². The predicted molar refractivity (Wildman–Crippen MR) is 66.8 cm³/mol. The summed E-state index contributed by atoms with van der Waals surface area (Å²) in [6.07, 6.45) is 4.37. The molecule has 98 valence electrons. The largest absolute Gasteiger partial charge is 0.380 e. The number of hydrogen-bond donors (Lipinski definition) is 1. The molecule has 1 aromatic rings. The molecule has 0 saturated carbocycles. The first-order chi connectivity index (χ1) is 8.83. The van der Waals surface area contributed by atoms with Crippen LogP contribution in [0.15, 0.2) is 12.4 Å². The number of aromatic nitrogens is 3. The molecule has 0 amide bonds. The Balaban J connectivity index is 1.86. The molecule has 1 rings (SSSR count). The molecular weight excluding hydrogens is 232 g/mol. The molecule has 0 aromatic carbocycles. The molecule has 18 heavy (non-hydrogen) atoms. The van der Waals surface area contributed by atoms with Crippen molar-refractivity contribution in [2.75, 3.05) is 26.3 Å². The van der Waals surface area contributed by atoms with Crippen LogP contribution >= 0.6 is 0 Å². The average molecular weight is 250 g/mol. The first kappa shape index (κ1) is 14.4. The Morgan fingerprint density at radius 1 is 1.50 bits per heavy atom. The van der Waals surface area contributed by atoms with E-state index in [0.29, 0.717) is 19.8 Å². The second kappa shape index (κ2) is 9.33. The van der Waals surface area contributed by atoms with E-state index in [0.717, 1.165) is 13.0 Å². The fourth-order valence-corrected chi connectivity index (χ4v) is 1.31. The van der Waals surface area contributed by atoms with Gasteiger partial charge < -0.3 is 10.1 Å². The van der Waals surface area contributed by atoms with Crippen molar-refractivity contribution in [1.82, 2.24) is 20.3 Å². The lowest BCUT2D eigenvalue weighted by molar-refractivity contribution is -0.113. The number of carbonyl (C=O) groups is 1. The molecule has 6 heteroatoms. The van der Waals surface area contributed by atoms with Crippen LogP contribution in [0.3, 0.4) is 0 Å². The summed E-state index contributed by atoms with van der Waals surface area (Å²) < 4.78 is 7.17. The van der Waals surface area contributed by atoms with Gasteiger partial charge in [0.05, 0.1) is 19.3 Å². The number of nitrogens with zero attached hydrogens (tertiary/aromatic N) is 3. The number of nitrogens with one attached hydrogen (secondary N) is 1. The Labute approximate surface area is 107 Å². The minimum atomic E-state index is -0.0938. The van der Waals surface area contributed by atoms with Crippen molar-refractivity contribution in [2.45, 2.75) is 19.9 Å². The van der Waals surface area contributed by atoms with Crippen LogP contribution in [0.2, 0.25) is 0 Å². The number of hydrogen-bond acceptors (Lipinski definition) is 5. The highest BCUT2D eigenvalue weighted by atomic mass is 16.5. The number of Topliss-reactive ketones (excluding diaryl/α,β-unsaturated/α-hetero) is 1. The van der Waals surface area contributed by atoms with Crippen LogP contribution in [0.25, 0.3) is 0 Å². The Kier molecular flexibility index (Phi) is 7.44. The molecule has 0 fully saturated rings. The molecule has 1 aromatic heterocycles. The van der Waals surface area contributed by atoms with E-state index in [1.54, 1.807) is 17.8 Å². The lowest BCUT2D eigenvalue weighted by Gasteiger charge is -2.04. The summed E-state index contributed by atoms with van der Waals surface area (Å²) in [6, 6.07) is 0. The molecule has 0 radical (unpaired) electrons. The standard InChI is InChI=1S/C12H18N4O2/c1-2-4-12(17)11-13-6-10-18-9-3-7-16-8-5-14-15-16/h5,8,13H,3,6-7,9-11H2,1H3. The third kappa shape index (κ3) is 6.78. The van der Waals surface area contributed by atoms with Gasteiger partial charge in [0, 0.05) is 25.9 Å². The molecule has 0 aliphatic rings. The highest BCUT2D eigenvalue weighted by molar-refractivity contribution is 5.96. The molecule has 0 atom stereocenters. The van der Waals surface area contributed by atoms with Gasteiger partial charge in [0.2, 0.25) is 5.78 Å². The topological polar surface area (TPSA) is 69.0 Å². The number of carbonyl (C=O) groups excluding carboxylic acids is 1. The van der Waals surface area contributed by atoms with E-state index in [1.807, 2.05) is 6.20 Å². The van der Waals surface area contributed by atoms with E-state index in [9.17, 15) is 4.79 Å². The molecule has 0 bridgehead atoms. The van der Waals surface area contributed by atoms with Crippen molar-refractivity contribution in [3.63, 3.8) is 0 Å². The van der Waals surface area contributed by atoms with Gasteiger partial charge in [-0.05, 0) is 19.3 Å². The van der Waals surface area contributed by atoms with Gasteiger partial charge in [-0.2, -0.15) is 0 Å². The van der Waals surface area contributed by atoms with E-state index in [4.69, 9.17) is 4.74 Å². The molecule has 0 aliphatic heterocycles. The maximum atomic E-state index is 11.0. The zero-order chi connectivity index (χ0) is 13.1. The van der Waals surface area contributed by atoms with Crippen molar-refractivity contribution >= 4 is 5.78 Å². The number of aryl methyl sites for hydroxylation is 1. The van der Waals surface area contributed by atoms with E-state index in [2.05, 4.69) is 27.5 Å². The summed E-state index contributed by atoms with van der Waals surface area (Å²) in [5.41, 5.74) is 0. The minimum absolute atomic E-state index is 0.0938. The molecular formula is C12H18N4O2. The van der Waals surface area contributed by atoms with Crippen molar-refractivity contribution in [1.29, 1.82) is 0 Å². The van der Waals surface area contributed by atoms with Crippen LogP contribution in [0.1, 0.15) is 13.3 Å². The second-order valence-corrected chi connectivity index (χ2v) is 3.61. The summed E-state index contributed by atoms with van der Waals surface area (Å²) in [5, 5.41) is 10.5. The van der Waals surface area contributed by atoms with Gasteiger partial charge in [-0.1, -0.05) is 11.1 Å². The first-order valence-corrected chi connectivity index (χ1v) is 5.91. The van der Waals surface area contributed by atoms with E-state index >= 15 is 0 Å². The summed E-state index contributed by atoms with van der Waals surface area (Å²) in [7, 11) is 0. The van der Waals surface area contributed by atoms with E-state index in [-0.39, 0.29) is 12.3 Å². The van der Waals surface area contributed by atoms with Gasteiger partial charge >= 0.3 is 0 Å². The number of rotatable bonds is 9. The summed E-state index contributed by atoms with van der Waals surface area (Å²) in [4.78, 5) is 11.0. The predicted octanol–water partition coefficient (Wildman–Crippen LogP) is -0.133.